The second kappa shape index (κ2) is 3.99. The number of benzene rings is 1. The van der Waals surface area contributed by atoms with Gasteiger partial charge in [0.1, 0.15) is 5.92 Å². The highest BCUT2D eigenvalue weighted by Crippen LogP contribution is 2.51. The van der Waals surface area contributed by atoms with Crippen molar-refractivity contribution in [1.29, 1.82) is 0 Å². The highest BCUT2D eigenvalue weighted by Gasteiger charge is 2.59. The number of rotatable bonds is 0. The van der Waals surface area contributed by atoms with Gasteiger partial charge in [-0.05, 0) is 18.4 Å². The molecule has 19 heavy (non-hydrogen) atoms. The number of aliphatic imine (C=N–C) groups is 1. The first-order valence-electron chi connectivity index (χ1n) is 6.29. The molecular formula is C14H14F3NO. The molecule has 5 heteroatoms. The van der Waals surface area contributed by atoms with E-state index in [-0.39, 0.29) is 13.0 Å². The van der Waals surface area contributed by atoms with Gasteiger partial charge >= 0.3 is 6.18 Å². The summed E-state index contributed by atoms with van der Waals surface area (Å²) in [6.07, 6.45) is -3.78. The fraction of sp³-hybridized carbons (Fsp3) is 0.500. The predicted molar refractivity (Wildman–Crippen MR) is 65.0 cm³/mol. The maximum absolute atomic E-state index is 13.3. The molecule has 2 nitrogen and oxygen atoms in total. The Morgan fingerprint density at radius 3 is 2.68 bits per heavy atom. The van der Waals surface area contributed by atoms with E-state index in [0.717, 1.165) is 5.56 Å². The molecule has 0 N–H and O–H groups in total. The number of nitrogens with zero attached hydrogens (tertiary/aromatic N) is 1. The van der Waals surface area contributed by atoms with E-state index < -0.39 is 17.7 Å². The van der Waals surface area contributed by atoms with Crippen molar-refractivity contribution < 1.29 is 17.9 Å². The first kappa shape index (κ1) is 12.5. The minimum Gasteiger partial charge on any atom is -0.467 e. The minimum atomic E-state index is -4.27. The molecular weight excluding hydrogens is 255 g/mol. The molecule has 0 aromatic heterocycles. The van der Waals surface area contributed by atoms with Gasteiger partial charge in [0.25, 0.3) is 0 Å². The summed E-state index contributed by atoms with van der Waals surface area (Å²) in [4.78, 5) is 4.07. The number of ether oxygens (including phenoxy) is 1. The van der Waals surface area contributed by atoms with E-state index in [1.165, 1.54) is 0 Å². The van der Waals surface area contributed by atoms with Gasteiger partial charge in [-0.25, -0.2) is 0 Å². The normalized spacial score (nSPS) is 29.9. The number of hydrogen-bond donors (Lipinski definition) is 0. The third-order valence-electron chi connectivity index (χ3n) is 4.00. The fourth-order valence-electron chi connectivity index (χ4n) is 3.18. The van der Waals surface area contributed by atoms with Crippen LogP contribution in [-0.4, -0.2) is 18.6 Å². The lowest BCUT2D eigenvalue weighted by Crippen LogP contribution is -2.49. The lowest BCUT2D eigenvalue weighted by Gasteiger charge is -2.42. The summed E-state index contributed by atoms with van der Waals surface area (Å²) in [6.45, 7) is 1.67. The molecule has 1 aliphatic carbocycles. The van der Waals surface area contributed by atoms with Crippen molar-refractivity contribution in [3.8, 4) is 0 Å². The fourth-order valence-corrected chi connectivity index (χ4v) is 3.18. The van der Waals surface area contributed by atoms with Crippen LogP contribution < -0.4 is 0 Å². The summed E-state index contributed by atoms with van der Waals surface area (Å²) in [7, 11) is 0. The Kier molecular flexibility index (Phi) is 2.62. The molecule has 0 bridgehead atoms. The van der Waals surface area contributed by atoms with Gasteiger partial charge < -0.3 is 4.74 Å². The van der Waals surface area contributed by atoms with Gasteiger partial charge in [0.05, 0.1) is 6.54 Å². The number of hydrogen-bond acceptors (Lipinski definition) is 2. The molecule has 1 aliphatic heterocycles. The molecule has 1 heterocycles. The average molecular weight is 269 g/mol. The van der Waals surface area contributed by atoms with Gasteiger partial charge in [0.2, 0.25) is 0 Å². The topological polar surface area (TPSA) is 21.6 Å². The summed E-state index contributed by atoms with van der Waals surface area (Å²) < 4.78 is 45.6. The van der Waals surface area contributed by atoms with Gasteiger partial charge in [0.15, 0.2) is 11.5 Å². The highest BCUT2D eigenvalue weighted by molar-refractivity contribution is 5.76. The predicted octanol–water partition coefficient (Wildman–Crippen LogP) is 3.46. The van der Waals surface area contributed by atoms with Crippen LogP contribution in [0.2, 0.25) is 0 Å². The van der Waals surface area contributed by atoms with Crippen LogP contribution in [0.3, 0.4) is 0 Å². The van der Waals surface area contributed by atoms with E-state index in [2.05, 4.69) is 4.99 Å². The number of alkyl halides is 3. The Morgan fingerprint density at radius 2 is 2.05 bits per heavy atom. The molecule has 102 valence electrons. The molecule has 0 fully saturated rings. The van der Waals surface area contributed by atoms with Crippen molar-refractivity contribution in [2.45, 2.75) is 31.5 Å². The van der Waals surface area contributed by atoms with Crippen molar-refractivity contribution in [3.05, 3.63) is 35.4 Å². The molecule has 2 aliphatic rings. The van der Waals surface area contributed by atoms with E-state index in [9.17, 15) is 13.2 Å². The smallest absolute Gasteiger partial charge is 0.396 e. The monoisotopic (exact) mass is 269 g/mol. The van der Waals surface area contributed by atoms with Crippen LogP contribution in [0.4, 0.5) is 13.2 Å². The first-order chi connectivity index (χ1) is 8.93. The Labute approximate surface area is 109 Å². The Balaban J connectivity index is 2.13. The zero-order chi connectivity index (χ0) is 13.7. The van der Waals surface area contributed by atoms with Gasteiger partial charge in [-0.1, -0.05) is 24.3 Å². The van der Waals surface area contributed by atoms with Crippen molar-refractivity contribution >= 4 is 5.90 Å². The van der Waals surface area contributed by atoms with Crippen molar-refractivity contribution in [3.63, 3.8) is 0 Å². The molecule has 1 spiro atoms. The molecule has 0 radical (unpaired) electrons. The second-order valence-corrected chi connectivity index (χ2v) is 5.12. The molecule has 0 amide bonds. The van der Waals surface area contributed by atoms with Crippen LogP contribution in [0.1, 0.15) is 24.5 Å². The van der Waals surface area contributed by atoms with Gasteiger partial charge in [-0.3, -0.25) is 4.99 Å². The van der Waals surface area contributed by atoms with Crippen LogP contribution in [0.15, 0.2) is 29.3 Å². The summed E-state index contributed by atoms with van der Waals surface area (Å²) >= 11 is 0. The minimum absolute atomic E-state index is 0.0556. The standard InChI is InChI=1S/C14H14F3NO/c1-9-18-8-13(19-9)11-5-3-2-4-10(11)6-7-12(13)14(15,16)17/h2-5,12H,6-8H2,1H3. The van der Waals surface area contributed by atoms with Gasteiger partial charge in [-0.2, -0.15) is 13.2 Å². The lowest BCUT2D eigenvalue weighted by atomic mass is 9.71. The van der Waals surface area contributed by atoms with Crippen LogP contribution in [-0.2, 0) is 16.8 Å². The highest BCUT2D eigenvalue weighted by atomic mass is 19.4. The maximum Gasteiger partial charge on any atom is 0.396 e. The number of aryl methyl sites for hydroxylation is 1. The molecule has 0 saturated carbocycles. The average Bonchev–Trinajstić information content (AvgIpc) is 2.71. The summed E-state index contributed by atoms with van der Waals surface area (Å²) in [5, 5.41) is 0. The Morgan fingerprint density at radius 1 is 1.32 bits per heavy atom. The number of halogens is 3. The first-order valence-corrected chi connectivity index (χ1v) is 6.29. The van der Waals surface area contributed by atoms with E-state index in [4.69, 9.17) is 4.74 Å². The summed E-state index contributed by atoms with van der Waals surface area (Å²) in [6, 6.07) is 7.22. The number of fused-ring (bicyclic) bond motifs is 2. The van der Waals surface area contributed by atoms with Crippen LogP contribution >= 0.6 is 0 Å². The largest absolute Gasteiger partial charge is 0.467 e. The van der Waals surface area contributed by atoms with E-state index in [0.29, 0.717) is 17.9 Å². The Hall–Kier alpha value is -1.52. The molecule has 1 aromatic rings. The van der Waals surface area contributed by atoms with Crippen LogP contribution in [0.25, 0.3) is 0 Å². The maximum atomic E-state index is 13.3. The third kappa shape index (κ3) is 1.83. The van der Waals surface area contributed by atoms with Crippen molar-refractivity contribution in [1.82, 2.24) is 0 Å². The molecule has 2 unspecified atom stereocenters. The van der Waals surface area contributed by atoms with E-state index in [1.807, 2.05) is 12.1 Å². The van der Waals surface area contributed by atoms with Crippen LogP contribution in [0.5, 0.6) is 0 Å². The van der Waals surface area contributed by atoms with Gasteiger partial charge in [0, 0.05) is 12.5 Å². The van der Waals surface area contributed by atoms with Crippen molar-refractivity contribution in [2.24, 2.45) is 10.9 Å². The molecule has 1 aromatic carbocycles. The Bertz CT molecular complexity index is 538. The molecule has 3 rings (SSSR count). The SMILES string of the molecule is CC1=NCC2(O1)c1ccccc1CCC2C(F)(F)F. The second-order valence-electron chi connectivity index (χ2n) is 5.12. The van der Waals surface area contributed by atoms with E-state index >= 15 is 0 Å². The third-order valence-corrected chi connectivity index (χ3v) is 4.00. The summed E-state index contributed by atoms with van der Waals surface area (Å²) in [5.74, 6) is -1.15. The molecule has 2 atom stereocenters. The quantitative estimate of drug-likeness (QED) is 0.707. The van der Waals surface area contributed by atoms with Crippen LogP contribution in [0, 0.1) is 5.92 Å². The van der Waals surface area contributed by atoms with Crippen molar-refractivity contribution in [2.75, 3.05) is 6.54 Å². The summed E-state index contributed by atoms with van der Waals surface area (Å²) in [5.41, 5.74) is 0.231. The zero-order valence-corrected chi connectivity index (χ0v) is 10.5. The lowest BCUT2D eigenvalue weighted by molar-refractivity contribution is -0.225. The van der Waals surface area contributed by atoms with Gasteiger partial charge in [-0.15, -0.1) is 0 Å². The molecule has 0 saturated heterocycles. The van der Waals surface area contributed by atoms with E-state index in [1.54, 1.807) is 19.1 Å². The zero-order valence-electron chi connectivity index (χ0n) is 10.5.